The molecule has 1 aliphatic rings. The Labute approximate surface area is 137 Å². The summed E-state index contributed by atoms with van der Waals surface area (Å²) < 4.78 is 5.35. The van der Waals surface area contributed by atoms with Crippen molar-refractivity contribution in [3.05, 3.63) is 35.4 Å². The molecule has 0 spiro atoms. The van der Waals surface area contributed by atoms with E-state index >= 15 is 0 Å². The van der Waals surface area contributed by atoms with E-state index in [-0.39, 0.29) is 12.0 Å². The van der Waals surface area contributed by atoms with E-state index in [1.165, 1.54) is 0 Å². The molecular formula is C18H22N2O3. The molecule has 2 amide bonds. The van der Waals surface area contributed by atoms with Crippen LogP contribution in [0.3, 0.4) is 0 Å². The van der Waals surface area contributed by atoms with Gasteiger partial charge in [0.1, 0.15) is 5.60 Å². The molecule has 1 saturated heterocycles. The smallest absolute Gasteiger partial charge is 0.410 e. The Balaban J connectivity index is 1.92. The summed E-state index contributed by atoms with van der Waals surface area (Å²) in [5, 5.41) is 0. The highest BCUT2D eigenvalue weighted by Gasteiger charge is 2.27. The van der Waals surface area contributed by atoms with Gasteiger partial charge in [0.2, 0.25) is 0 Å². The van der Waals surface area contributed by atoms with Gasteiger partial charge in [0.25, 0.3) is 5.91 Å². The van der Waals surface area contributed by atoms with Crippen LogP contribution in [0.25, 0.3) is 0 Å². The number of nitrogens with zero attached hydrogens (tertiary/aromatic N) is 2. The lowest BCUT2D eigenvalue weighted by Crippen LogP contribution is -2.51. The monoisotopic (exact) mass is 314 g/mol. The quantitative estimate of drug-likeness (QED) is 0.748. The number of piperazine rings is 1. The Bertz CT molecular complexity index is 615. The summed E-state index contributed by atoms with van der Waals surface area (Å²) in [7, 11) is 0. The third kappa shape index (κ3) is 4.49. The molecule has 2 rings (SSSR count). The number of hydrogen-bond donors (Lipinski definition) is 0. The zero-order valence-corrected chi connectivity index (χ0v) is 13.8. The molecule has 122 valence electrons. The maximum Gasteiger partial charge on any atom is 0.410 e. The topological polar surface area (TPSA) is 49.9 Å². The molecule has 0 aromatic heterocycles. The lowest BCUT2D eigenvalue weighted by molar-refractivity contribution is 0.0141. The number of carbonyl (C=O) groups excluding carboxylic acids is 2. The first-order valence-electron chi connectivity index (χ1n) is 7.64. The molecular weight excluding hydrogens is 292 g/mol. The minimum Gasteiger partial charge on any atom is -0.444 e. The number of carbonyl (C=O) groups is 2. The molecule has 0 unspecified atom stereocenters. The molecule has 1 fully saturated rings. The fourth-order valence-electron chi connectivity index (χ4n) is 2.31. The summed E-state index contributed by atoms with van der Waals surface area (Å²) in [6.07, 6.45) is 4.98. The zero-order valence-electron chi connectivity index (χ0n) is 13.8. The third-order valence-corrected chi connectivity index (χ3v) is 3.52. The minimum absolute atomic E-state index is 0.0441. The van der Waals surface area contributed by atoms with Crippen LogP contribution in [-0.4, -0.2) is 53.6 Å². The summed E-state index contributed by atoms with van der Waals surface area (Å²) in [5.41, 5.74) is 0.842. The SMILES string of the molecule is C#Cc1ccc(C(=O)N2CCN(C(=O)OC(C)(C)C)CC2)cc1. The molecule has 1 aromatic carbocycles. The Hall–Kier alpha value is -2.48. The second kappa shape index (κ2) is 6.74. The van der Waals surface area contributed by atoms with Gasteiger partial charge in [-0.25, -0.2) is 4.79 Å². The summed E-state index contributed by atoms with van der Waals surface area (Å²) in [5.74, 6) is 2.48. The Morgan fingerprint density at radius 2 is 1.57 bits per heavy atom. The predicted octanol–water partition coefficient (Wildman–Crippen LogP) is 2.36. The summed E-state index contributed by atoms with van der Waals surface area (Å²) >= 11 is 0. The molecule has 1 aromatic rings. The van der Waals surface area contributed by atoms with E-state index in [0.29, 0.717) is 31.7 Å². The second-order valence-electron chi connectivity index (χ2n) is 6.48. The molecule has 0 radical (unpaired) electrons. The van der Waals surface area contributed by atoms with E-state index in [1.54, 1.807) is 34.1 Å². The van der Waals surface area contributed by atoms with Crippen molar-refractivity contribution in [2.45, 2.75) is 26.4 Å². The third-order valence-electron chi connectivity index (χ3n) is 3.52. The molecule has 1 heterocycles. The predicted molar refractivity (Wildman–Crippen MR) is 88.1 cm³/mol. The van der Waals surface area contributed by atoms with Gasteiger partial charge >= 0.3 is 6.09 Å². The van der Waals surface area contributed by atoms with E-state index in [4.69, 9.17) is 11.2 Å². The number of rotatable bonds is 1. The average Bonchev–Trinajstić information content (AvgIpc) is 2.53. The minimum atomic E-state index is -0.511. The number of terminal acetylenes is 1. The van der Waals surface area contributed by atoms with E-state index < -0.39 is 5.60 Å². The molecule has 1 aliphatic heterocycles. The largest absolute Gasteiger partial charge is 0.444 e. The van der Waals surface area contributed by atoms with Gasteiger partial charge in [0.15, 0.2) is 0 Å². The first kappa shape index (κ1) is 16.9. The maximum absolute atomic E-state index is 12.4. The van der Waals surface area contributed by atoms with Crippen molar-refractivity contribution in [2.75, 3.05) is 26.2 Å². The average molecular weight is 314 g/mol. The van der Waals surface area contributed by atoms with E-state index in [9.17, 15) is 9.59 Å². The van der Waals surface area contributed by atoms with Crippen molar-refractivity contribution in [3.63, 3.8) is 0 Å². The molecule has 0 atom stereocenters. The van der Waals surface area contributed by atoms with Crippen LogP contribution in [-0.2, 0) is 4.74 Å². The number of hydrogen-bond acceptors (Lipinski definition) is 3. The highest BCUT2D eigenvalue weighted by molar-refractivity contribution is 5.94. The lowest BCUT2D eigenvalue weighted by Gasteiger charge is -2.35. The molecule has 0 aliphatic carbocycles. The van der Waals surface area contributed by atoms with Crippen LogP contribution in [0.15, 0.2) is 24.3 Å². The van der Waals surface area contributed by atoms with E-state index in [1.807, 2.05) is 20.8 Å². The van der Waals surface area contributed by atoms with Gasteiger partial charge < -0.3 is 14.5 Å². The van der Waals surface area contributed by atoms with Gasteiger partial charge in [0, 0.05) is 37.3 Å². The van der Waals surface area contributed by atoms with Gasteiger partial charge in [-0.3, -0.25) is 4.79 Å². The normalized spacial score (nSPS) is 15.0. The highest BCUT2D eigenvalue weighted by Crippen LogP contribution is 2.14. The second-order valence-corrected chi connectivity index (χ2v) is 6.48. The van der Waals surface area contributed by atoms with Crippen molar-refractivity contribution in [3.8, 4) is 12.3 Å². The maximum atomic E-state index is 12.4. The number of amides is 2. The first-order valence-corrected chi connectivity index (χ1v) is 7.64. The molecule has 23 heavy (non-hydrogen) atoms. The molecule has 5 nitrogen and oxygen atoms in total. The fraction of sp³-hybridized carbons (Fsp3) is 0.444. The van der Waals surface area contributed by atoms with Crippen molar-refractivity contribution in [2.24, 2.45) is 0 Å². The fourth-order valence-corrected chi connectivity index (χ4v) is 2.31. The van der Waals surface area contributed by atoms with Crippen LogP contribution in [0, 0.1) is 12.3 Å². The Morgan fingerprint density at radius 3 is 2.04 bits per heavy atom. The number of ether oxygens (including phenoxy) is 1. The van der Waals surface area contributed by atoms with Crippen LogP contribution in [0.1, 0.15) is 36.7 Å². The van der Waals surface area contributed by atoms with Crippen molar-refractivity contribution < 1.29 is 14.3 Å². The highest BCUT2D eigenvalue weighted by atomic mass is 16.6. The first-order chi connectivity index (χ1) is 10.8. The van der Waals surface area contributed by atoms with Crippen molar-refractivity contribution >= 4 is 12.0 Å². The van der Waals surface area contributed by atoms with Gasteiger partial charge in [-0.2, -0.15) is 0 Å². The molecule has 5 heteroatoms. The van der Waals surface area contributed by atoms with Gasteiger partial charge in [0.05, 0.1) is 0 Å². The molecule has 0 bridgehead atoms. The standard InChI is InChI=1S/C18H22N2O3/c1-5-14-6-8-15(9-7-14)16(21)19-10-12-20(13-11-19)17(22)23-18(2,3)4/h1,6-9H,10-13H2,2-4H3. The van der Waals surface area contributed by atoms with Gasteiger partial charge in [-0.1, -0.05) is 5.92 Å². The van der Waals surface area contributed by atoms with E-state index in [2.05, 4.69) is 5.92 Å². The number of benzene rings is 1. The summed E-state index contributed by atoms with van der Waals surface area (Å²) in [6, 6.07) is 6.98. The lowest BCUT2D eigenvalue weighted by atomic mass is 10.1. The summed E-state index contributed by atoms with van der Waals surface area (Å²) in [4.78, 5) is 27.8. The van der Waals surface area contributed by atoms with Crippen LogP contribution < -0.4 is 0 Å². The Kier molecular flexibility index (Phi) is 4.95. The summed E-state index contributed by atoms with van der Waals surface area (Å²) in [6.45, 7) is 7.45. The molecule has 0 N–H and O–H groups in total. The van der Waals surface area contributed by atoms with Crippen LogP contribution in [0.2, 0.25) is 0 Å². The van der Waals surface area contributed by atoms with Crippen LogP contribution in [0.4, 0.5) is 4.79 Å². The zero-order chi connectivity index (χ0) is 17.0. The van der Waals surface area contributed by atoms with Gasteiger partial charge in [-0.05, 0) is 45.0 Å². The van der Waals surface area contributed by atoms with Crippen molar-refractivity contribution in [1.82, 2.24) is 9.80 Å². The van der Waals surface area contributed by atoms with Crippen LogP contribution >= 0.6 is 0 Å². The Morgan fingerprint density at radius 1 is 1.04 bits per heavy atom. The molecule has 0 saturated carbocycles. The van der Waals surface area contributed by atoms with Crippen LogP contribution in [0.5, 0.6) is 0 Å². The van der Waals surface area contributed by atoms with Crippen molar-refractivity contribution in [1.29, 1.82) is 0 Å². The van der Waals surface area contributed by atoms with Gasteiger partial charge in [-0.15, -0.1) is 6.42 Å². The van der Waals surface area contributed by atoms with E-state index in [0.717, 1.165) is 5.56 Å².